The lowest BCUT2D eigenvalue weighted by atomic mass is 9.68. The molecular formula is C28H38I2O2. The molecule has 2 nitrogen and oxygen atoms in total. The number of aliphatic hydroxyl groups excluding tert-OH is 1. The summed E-state index contributed by atoms with van der Waals surface area (Å²) < 4.78 is 6.44. The van der Waals surface area contributed by atoms with Crippen LogP contribution in [-0.4, -0.2) is 17.8 Å². The summed E-state index contributed by atoms with van der Waals surface area (Å²) in [6.07, 6.45) is 0. The topological polar surface area (TPSA) is 29.5 Å². The maximum absolute atomic E-state index is 7.00. The number of hydrogen-bond acceptors (Lipinski definition) is 2. The number of para-hydroxylation sites is 1. The Labute approximate surface area is 219 Å². The van der Waals surface area contributed by atoms with E-state index in [9.17, 15) is 0 Å². The van der Waals surface area contributed by atoms with Crippen molar-refractivity contribution in [2.24, 2.45) is 0 Å². The molecule has 1 aliphatic rings. The zero-order valence-electron chi connectivity index (χ0n) is 20.3. The van der Waals surface area contributed by atoms with E-state index < -0.39 is 0 Å². The van der Waals surface area contributed by atoms with Crippen LogP contribution >= 0.6 is 37.2 Å². The number of ether oxygens (including phenoxy) is 1. The van der Waals surface area contributed by atoms with Crippen LogP contribution in [-0.2, 0) is 0 Å². The fraction of sp³-hybridized carbons (Fsp3) is 0.357. The Kier molecular flexibility index (Phi) is 16.8. The van der Waals surface area contributed by atoms with Gasteiger partial charge in [0.1, 0.15) is 11.4 Å². The van der Waals surface area contributed by atoms with Crippen molar-refractivity contribution in [3.63, 3.8) is 0 Å². The average molecular weight is 660 g/mol. The molecule has 0 radical (unpaired) electrons. The molecule has 176 valence electrons. The van der Waals surface area contributed by atoms with Crippen LogP contribution in [0.5, 0.6) is 5.75 Å². The molecule has 4 rings (SSSR count). The van der Waals surface area contributed by atoms with Crippen LogP contribution in [0.1, 0.15) is 70.1 Å². The van der Waals surface area contributed by atoms with Crippen molar-refractivity contribution >= 4 is 37.2 Å². The number of hydrogen-bond donors (Lipinski definition) is 1. The predicted octanol–water partition coefficient (Wildman–Crippen LogP) is 9.21. The number of benzene rings is 3. The Balaban J connectivity index is 0.00000109. The molecule has 0 saturated carbocycles. The highest BCUT2D eigenvalue weighted by Crippen LogP contribution is 2.52. The monoisotopic (exact) mass is 660 g/mol. The van der Waals surface area contributed by atoms with Gasteiger partial charge in [-0.3, -0.25) is 0 Å². The van der Waals surface area contributed by atoms with Crippen molar-refractivity contribution in [3.05, 3.63) is 102 Å². The van der Waals surface area contributed by atoms with Gasteiger partial charge in [0.05, 0.1) is 0 Å². The molecule has 3 aromatic carbocycles. The van der Waals surface area contributed by atoms with Crippen molar-refractivity contribution in [2.45, 2.75) is 59.0 Å². The molecule has 0 spiro atoms. The third-order valence-corrected chi connectivity index (χ3v) is 5.03. The minimum Gasteiger partial charge on any atom is -0.487 e. The van der Waals surface area contributed by atoms with E-state index >= 15 is 0 Å². The lowest BCUT2D eigenvalue weighted by Gasteiger charge is -2.45. The number of fused-ring (bicyclic) bond motifs is 1. The van der Waals surface area contributed by atoms with Crippen molar-refractivity contribution < 1.29 is 9.84 Å². The van der Waals surface area contributed by atoms with Crippen LogP contribution in [0.2, 0.25) is 0 Å². The molecule has 2 unspecified atom stereocenters. The van der Waals surface area contributed by atoms with Gasteiger partial charge < -0.3 is 9.84 Å². The van der Waals surface area contributed by atoms with E-state index in [0.29, 0.717) is 0 Å². The lowest BCUT2D eigenvalue weighted by molar-refractivity contribution is 0.0531. The van der Waals surface area contributed by atoms with E-state index in [0.717, 1.165) is 12.9 Å². The summed E-state index contributed by atoms with van der Waals surface area (Å²) in [5.74, 6) is 1.55. The van der Waals surface area contributed by atoms with Gasteiger partial charge in [0.15, 0.2) is 0 Å². The summed E-state index contributed by atoms with van der Waals surface area (Å²) in [6.45, 7) is 12.4. The van der Waals surface area contributed by atoms with E-state index in [1.807, 2.05) is 27.7 Å². The summed E-state index contributed by atoms with van der Waals surface area (Å²) in [4.78, 5) is 0. The van der Waals surface area contributed by atoms with Gasteiger partial charge in [-0.25, -0.2) is 0 Å². The number of halogens is 2. The fourth-order valence-corrected chi connectivity index (χ4v) is 4.04. The smallest absolute Gasteiger partial charge is 0.123 e. The third kappa shape index (κ3) is 8.03. The molecule has 0 amide bonds. The van der Waals surface area contributed by atoms with Crippen LogP contribution in [0.15, 0.2) is 84.9 Å². The van der Waals surface area contributed by atoms with Gasteiger partial charge in [-0.1, -0.05) is 107 Å². The molecule has 0 aromatic heterocycles. The van der Waals surface area contributed by atoms with E-state index in [-0.39, 0.29) is 17.4 Å². The second kappa shape index (κ2) is 17.4. The predicted molar refractivity (Wildman–Crippen MR) is 157 cm³/mol. The normalized spacial score (nSPS) is 16.9. The molecule has 2 atom stereocenters. The first-order chi connectivity index (χ1) is 15.7. The van der Waals surface area contributed by atoms with E-state index in [4.69, 9.17) is 9.84 Å². The van der Waals surface area contributed by atoms with E-state index in [2.05, 4.69) is 136 Å². The Hall–Kier alpha value is -1.12. The maximum Gasteiger partial charge on any atom is 0.123 e. The first kappa shape index (κ1) is 30.9. The summed E-state index contributed by atoms with van der Waals surface area (Å²) in [5, 5.41) is 7.00. The largest absolute Gasteiger partial charge is 0.487 e. The van der Waals surface area contributed by atoms with Crippen LogP contribution in [0, 0.1) is 0 Å². The van der Waals surface area contributed by atoms with Gasteiger partial charge in [-0.15, -0.1) is 0 Å². The summed E-state index contributed by atoms with van der Waals surface area (Å²) in [6, 6.07) is 30.0. The molecule has 4 heteroatoms. The zero-order valence-corrected chi connectivity index (χ0v) is 24.7. The van der Waals surface area contributed by atoms with Gasteiger partial charge >= 0.3 is 0 Å². The third-order valence-electron chi connectivity index (χ3n) is 5.03. The van der Waals surface area contributed by atoms with Crippen LogP contribution in [0.4, 0.5) is 0 Å². The van der Waals surface area contributed by atoms with Crippen molar-refractivity contribution in [2.75, 3.05) is 7.11 Å². The molecule has 0 saturated heterocycles. The molecular weight excluding hydrogens is 622 g/mol. The highest BCUT2D eigenvalue weighted by Gasteiger charge is 2.44. The minimum atomic E-state index is -0.282. The quantitative estimate of drug-likeness (QED) is 0.278. The standard InChI is InChI=1S/C23H22O.2C2H6.CH4O.I2/c1-23(2)22(18-13-7-4-8-14-18)21(17-11-5-3-6-12-17)19-15-9-10-16-20(19)24-23;4*1-2/h3-16,21-22H,1-2H3;2*1-2H3;2H,1H3;. The highest BCUT2D eigenvalue weighted by molar-refractivity contribution is 15.0. The van der Waals surface area contributed by atoms with Gasteiger partial charge in [0, 0.05) is 61.7 Å². The highest BCUT2D eigenvalue weighted by atomic mass is 128. The van der Waals surface area contributed by atoms with Gasteiger partial charge in [-0.2, -0.15) is 0 Å². The van der Waals surface area contributed by atoms with Crippen LogP contribution in [0.3, 0.4) is 0 Å². The van der Waals surface area contributed by atoms with Crippen molar-refractivity contribution in [1.82, 2.24) is 0 Å². The molecule has 32 heavy (non-hydrogen) atoms. The zero-order chi connectivity index (χ0) is 24.6. The molecule has 0 aliphatic carbocycles. The molecule has 1 aliphatic heterocycles. The number of rotatable bonds is 2. The lowest BCUT2D eigenvalue weighted by Crippen LogP contribution is -2.43. The Bertz CT molecular complexity index is 836. The van der Waals surface area contributed by atoms with Gasteiger partial charge in [0.25, 0.3) is 0 Å². The van der Waals surface area contributed by atoms with Crippen molar-refractivity contribution in [3.8, 4) is 5.75 Å². The molecule has 0 bridgehead atoms. The molecule has 3 aromatic rings. The fourth-order valence-electron chi connectivity index (χ4n) is 4.04. The number of aliphatic hydroxyl groups is 1. The van der Waals surface area contributed by atoms with Gasteiger partial charge in [0.2, 0.25) is 0 Å². The van der Waals surface area contributed by atoms with Crippen LogP contribution in [0.25, 0.3) is 0 Å². The van der Waals surface area contributed by atoms with Gasteiger partial charge in [-0.05, 0) is 31.0 Å². The maximum atomic E-state index is 7.00. The Morgan fingerprint density at radius 2 is 1.06 bits per heavy atom. The average Bonchev–Trinajstić information content (AvgIpc) is 2.88. The first-order valence-electron chi connectivity index (χ1n) is 11.1. The summed E-state index contributed by atoms with van der Waals surface area (Å²) >= 11 is 4.24. The SMILES string of the molecule is CC.CC.CC1(C)Oc2ccccc2C(c2ccccc2)C1c1ccccc1.CO.II. The second-order valence-electron chi connectivity index (χ2n) is 7.02. The Morgan fingerprint density at radius 1 is 0.656 bits per heavy atom. The van der Waals surface area contributed by atoms with E-state index in [1.54, 1.807) is 0 Å². The Morgan fingerprint density at radius 3 is 1.56 bits per heavy atom. The summed E-state index contributed by atoms with van der Waals surface area (Å²) in [5.41, 5.74) is 3.66. The minimum absolute atomic E-state index is 0.260. The van der Waals surface area contributed by atoms with Crippen LogP contribution < -0.4 is 4.74 Å². The molecule has 1 heterocycles. The summed E-state index contributed by atoms with van der Waals surface area (Å²) in [7, 11) is 1.00. The second-order valence-corrected chi connectivity index (χ2v) is 7.02. The molecule has 0 fully saturated rings. The van der Waals surface area contributed by atoms with Crippen molar-refractivity contribution in [1.29, 1.82) is 0 Å². The first-order valence-corrected chi connectivity index (χ1v) is 17.4. The van der Waals surface area contributed by atoms with E-state index in [1.165, 1.54) is 16.7 Å². The molecule has 1 N–H and O–H groups in total.